The molecule has 1 aliphatic carbocycles. The standard InChI is InChI=1S/C14H19NO3S/c1-19(17,18)13-10-6-5-9-12(13)15-14(16)11-7-3-2-4-8-11/h5-6,9-11H,2-4,7-8H2,1H3,(H,15,16). The average Bonchev–Trinajstić information content (AvgIpc) is 2.39. The van der Waals surface area contributed by atoms with Gasteiger partial charge in [0.15, 0.2) is 9.84 Å². The lowest BCUT2D eigenvalue weighted by molar-refractivity contribution is -0.120. The Labute approximate surface area is 114 Å². The second kappa shape index (κ2) is 5.74. The number of anilines is 1. The molecule has 19 heavy (non-hydrogen) atoms. The SMILES string of the molecule is CS(=O)(=O)c1ccccc1NC(=O)C1CCCCC1. The number of sulfone groups is 1. The third-order valence-corrected chi connectivity index (χ3v) is 4.68. The normalized spacial score (nSPS) is 17.1. The zero-order chi connectivity index (χ0) is 13.9. The predicted molar refractivity (Wildman–Crippen MR) is 74.8 cm³/mol. The minimum Gasteiger partial charge on any atom is -0.325 e. The minimum atomic E-state index is -3.32. The molecule has 1 aromatic carbocycles. The molecular formula is C14H19NO3S. The predicted octanol–water partition coefficient (Wildman–Crippen LogP) is 2.61. The van der Waals surface area contributed by atoms with Crippen molar-refractivity contribution in [1.29, 1.82) is 0 Å². The summed E-state index contributed by atoms with van der Waals surface area (Å²) < 4.78 is 23.3. The van der Waals surface area contributed by atoms with E-state index < -0.39 is 9.84 Å². The lowest BCUT2D eigenvalue weighted by Gasteiger charge is -2.21. The van der Waals surface area contributed by atoms with Crippen molar-refractivity contribution in [2.45, 2.75) is 37.0 Å². The third-order valence-electron chi connectivity index (χ3n) is 3.52. The number of hydrogen-bond acceptors (Lipinski definition) is 3. The number of benzene rings is 1. The summed E-state index contributed by atoms with van der Waals surface area (Å²) in [4.78, 5) is 12.3. The Balaban J connectivity index is 2.17. The number of nitrogens with one attached hydrogen (secondary N) is 1. The lowest BCUT2D eigenvalue weighted by Crippen LogP contribution is -2.25. The first kappa shape index (κ1) is 14.1. The van der Waals surface area contributed by atoms with Crippen LogP contribution in [0.3, 0.4) is 0 Å². The van der Waals surface area contributed by atoms with Gasteiger partial charge < -0.3 is 5.32 Å². The largest absolute Gasteiger partial charge is 0.325 e. The smallest absolute Gasteiger partial charge is 0.227 e. The molecule has 4 nitrogen and oxygen atoms in total. The van der Waals surface area contributed by atoms with E-state index in [0.29, 0.717) is 5.69 Å². The Hall–Kier alpha value is -1.36. The van der Waals surface area contributed by atoms with Crippen LogP contribution in [-0.4, -0.2) is 20.6 Å². The van der Waals surface area contributed by atoms with Gasteiger partial charge in [0.05, 0.1) is 10.6 Å². The van der Waals surface area contributed by atoms with Gasteiger partial charge >= 0.3 is 0 Å². The third kappa shape index (κ3) is 3.56. The van der Waals surface area contributed by atoms with Gasteiger partial charge in [-0.25, -0.2) is 8.42 Å². The molecule has 0 bridgehead atoms. The van der Waals surface area contributed by atoms with Crippen LogP contribution in [0.15, 0.2) is 29.2 Å². The summed E-state index contributed by atoms with van der Waals surface area (Å²) in [6.07, 6.45) is 6.28. The van der Waals surface area contributed by atoms with Crippen molar-refractivity contribution in [3.05, 3.63) is 24.3 Å². The van der Waals surface area contributed by atoms with Gasteiger partial charge in [-0.2, -0.15) is 0 Å². The van der Waals surface area contributed by atoms with E-state index in [-0.39, 0.29) is 16.7 Å². The van der Waals surface area contributed by atoms with E-state index in [1.165, 1.54) is 12.5 Å². The topological polar surface area (TPSA) is 63.2 Å². The molecule has 104 valence electrons. The molecule has 0 heterocycles. The van der Waals surface area contributed by atoms with Gasteiger partial charge in [0, 0.05) is 12.2 Å². The van der Waals surface area contributed by atoms with Gasteiger partial charge in [0.1, 0.15) is 0 Å². The van der Waals surface area contributed by atoms with Crippen LogP contribution in [0.5, 0.6) is 0 Å². The van der Waals surface area contributed by atoms with Crippen molar-refractivity contribution in [3.63, 3.8) is 0 Å². The Bertz CT molecular complexity index is 560. The van der Waals surface area contributed by atoms with E-state index in [9.17, 15) is 13.2 Å². The van der Waals surface area contributed by atoms with Crippen molar-refractivity contribution in [3.8, 4) is 0 Å². The molecule has 0 atom stereocenters. The molecule has 1 aromatic rings. The highest BCUT2D eigenvalue weighted by atomic mass is 32.2. The second-order valence-corrected chi connectivity index (χ2v) is 7.08. The molecule has 1 aliphatic rings. The Kier molecular flexibility index (Phi) is 4.24. The number of rotatable bonds is 3. The molecule has 0 aliphatic heterocycles. The highest BCUT2D eigenvalue weighted by molar-refractivity contribution is 7.90. The summed E-state index contributed by atoms with van der Waals surface area (Å²) in [5.41, 5.74) is 0.389. The maximum absolute atomic E-state index is 12.1. The van der Waals surface area contributed by atoms with Gasteiger partial charge in [-0.1, -0.05) is 31.4 Å². The molecule has 1 saturated carbocycles. The molecule has 1 amide bonds. The monoisotopic (exact) mass is 281 g/mol. The lowest BCUT2D eigenvalue weighted by atomic mass is 9.88. The molecular weight excluding hydrogens is 262 g/mol. The molecule has 1 N–H and O–H groups in total. The van der Waals surface area contributed by atoms with Crippen molar-refractivity contribution in [1.82, 2.24) is 0 Å². The van der Waals surface area contributed by atoms with Crippen molar-refractivity contribution >= 4 is 21.4 Å². The maximum atomic E-state index is 12.1. The Morgan fingerprint density at radius 1 is 1.16 bits per heavy atom. The fourth-order valence-electron chi connectivity index (χ4n) is 2.49. The summed E-state index contributed by atoms with van der Waals surface area (Å²) in [5, 5.41) is 2.77. The van der Waals surface area contributed by atoms with E-state index in [1.54, 1.807) is 18.2 Å². The second-order valence-electron chi connectivity index (χ2n) is 5.09. The van der Waals surface area contributed by atoms with Gasteiger partial charge in [0.2, 0.25) is 5.91 Å². The van der Waals surface area contributed by atoms with E-state index in [4.69, 9.17) is 0 Å². The first-order valence-corrected chi connectivity index (χ1v) is 8.47. The van der Waals surface area contributed by atoms with Crippen LogP contribution in [0.4, 0.5) is 5.69 Å². The van der Waals surface area contributed by atoms with Crippen LogP contribution in [-0.2, 0) is 14.6 Å². The summed E-state index contributed by atoms with van der Waals surface area (Å²) in [6, 6.07) is 6.54. The van der Waals surface area contributed by atoms with Gasteiger partial charge in [-0.15, -0.1) is 0 Å². The molecule has 1 fully saturated rings. The first-order chi connectivity index (χ1) is 8.98. The van der Waals surface area contributed by atoms with Gasteiger partial charge in [0.25, 0.3) is 0 Å². The fourth-order valence-corrected chi connectivity index (χ4v) is 3.34. The molecule has 0 aromatic heterocycles. The van der Waals surface area contributed by atoms with Crippen molar-refractivity contribution in [2.75, 3.05) is 11.6 Å². The van der Waals surface area contributed by atoms with Gasteiger partial charge in [-0.05, 0) is 25.0 Å². The number of carbonyl (C=O) groups excluding carboxylic acids is 1. The Morgan fingerprint density at radius 2 is 1.79 bits per heavy atom. The van der Waals surface area contributed by atoms with Gasteiger partial charge in [-0.3, -0.25) is 4.79 Å². The first-order valence-electron chi connectivity index (χ1n) is 6.58. The zero-order valence-electron chi connectivity index (χ0n) is 11.1. The van der Waals surface area contributed by atoms with E-state index in [2.05, 4.69) is 5.32 Å². The van der Waals surface area contributed by atoms with Crippen LogP contribution in [0.1, 0.15) is 32.1 Å². The highest BCUT2D eigenvalue weighted by Crippen LogP contribution is 2.26. The quantitative estimate of drug-likeness (QED) is 0.926. The number of para-hydroxylation sites is 1. The summed E-state index contributed by atoms with van der Waals surface area (Å²) in [7, 11) is -3.32. The van der Waals surface area contributed by atoms with Crippen molar-refractivity contribution in [2.24, 2.45) is 5.92 Å². The van der Waals surface area contributed by atoms with Crippen molar-refractivity contribution < 1.29 is 13.2 Å². The summed E-state index contributed by atoms with van der Waals surface area (Å²) >= 11 is 0. The van der Waals surface area contributed by atoms with Crippen LogP contribution in [0, 0.1) is 5.92 Å². The van der Waals surface area contributed by atoms with E-state index in [1.807, 2.05) is 0 Å². The molecule has 0 saturated heterocycles. The van der Waals surface area contributed by atoms with E-state index >= 15 is 0 Å². The summed E-state index contributed by atoms with van der Waals surface area (Å²) in [5.74, 6) is -0.0443. The zero-order valence-corrected chi connectivity index (χ0v) is 11.9. The average molecular weight is 281 g/mol. The minimum absolute atomic E-state index is 0.0152. The van der Waals surface area contributed by atoms with Crippen LogP contribution < -0.4 is 5.32 Å². The molecule has 2 rings (SSSR count). The molecule has 0 unspecified atom stereocenters. The Morgan fingerprint density at radius 3 is 2.42 bits per heavy atom. The summed E-state index contributed by atoms with van der Waals surface area (Å²) in [6.45, 7) is 0. The molecule has 0 spiro atoms. The number of hydrogen-bond donors (Lipinski definition) is 1. The highest BCUT2D eigenvalue weighted by Gasteiger charge is 2.22. The fraction of sp³-hybridized carbons (Fsp3) is 0.500. The maximum Gasteiger partial charge on any atom is 0.227 e. The number of amides is 1. The number of carbonyl (C=O) groups is 1. The van der Waals surface area contributed by atoms with E-state index in [0.717, 1.165) is 31.9 Å². The molecule has 5 heteroatoms. The van der Waals surface area contributed by atoms with Crippen LogP contribution in [0.25, 0.3) is 0 Å². The van der Waals surface area contributed by atoms with Crippen LogP contribution in [0.2, 0.25) is 0 Å². The molecule has 0 radical (unpaired) electrons. The van der Waals surface area contributed by atoms with Crippen LogP contribution >= 0.6 is 0 Å².